The first-order valence-corrected chi connectivity index (χ1v) is 9.03. The van der Waals surface area contributed by atoms with E-state index in [1.807, 2.05) is 25.1 Å². The van der Waals surface area contributed by atoms with Gasteiger partial charge in [0, 0.05) is 31.3 Å². The summed E-state index contributed by atoms with van der Waals surface area (Å²) in [6, 6.07) is 6.92. The molecule has 0 radical (unpaired) electrons. The smallest absolute Gasteiger partial charge is 0.243 e. The zero-order valence-electron chi connectivity index (χ0n) is 12.8. The molecule has 1 heterocycles. The molecular weight excluding hydrogens is 298 g/mol. The van der Waals surface area contributed by atoms with Gasteiger partial charge in [-0.1, -0.05) is 23.8 Å². The van der Waals surface area contributed by atoms with Crippen molar-refractivity contribution in [1.82, 2.24) is 4.31 Å². The first kappa shape index (κ1) is 15.4. The second-order valence-electron chi connectivity index (χ2n) is 6.49. The van der Waals surface area contributed by atoms with E-state index in [-0.39, 0.29) is 17.1 Å². The lowest BCUT2D eigenvalue weighted by Gasteiger charge is -2.34. The van der Waals surface area contributed by atoms with Gasteiger partial charge in [-0.05, 0) is 31.4 Å². The highest BCUT2D eigenvalue weighted by molar-refractivity contribution is 7.89. The van der Waals surface area contributed by atoms with Crippen molar-refractivity contribution in [3.05, 3.63) is 42.5 Å². The summed E-state index contributed by atoms with van der Waals surface area (Å²) in [5, 5.41) is 0. The predicted octanol–water partition coefficient (Wildman–Crippen LogP) is 2.54. The van der Waals surface area contributed by atoms with Crippen LogP contribution in [0.3, 0.4) is 0 Å². The lowest BCUT2D eigenvalue weighted by atomic mass is 9.68. The monoisotopic (exact) mass is 319 g/mol. The number of carbonyl (C=O) groups excluding carboxylic acids is 1. The molecule has 2 fully saturated rings. The van der Waals surface area contributed by atoms with Gasteiger partial charge in [0.15, 0.2) is 0 Å². The first-order valence-electron chi connectivity index (χ1n) is 7.59. The van der Waals surface area contributed by atoms with Crippen LogP contribution in [0.5, 0.6) is 0 Å². The number of ketones is 1. The number of carbonyl (C=O) groups is 1. The fraction of sp³-hybridized carbons (Fsp3) is 0.471. The zero-order valence-corrected chi connectivity index (χ0v) is 13.6. The van der Waals surface area contributed by atoms with E-state index in [9.17, 15) is 13.2 Å². The van der Waals surface area contributed by atoms with E-state index >= 15 is 0 Å². The van der Waals surface area contributed by atoms with Gasteiger partial charge in [-0.3, -0.25) is 4.79 Å². The number of hydrogen-bond donors (Lipinski definition) is 0. The lowest BCUT2D eigenvalue weighted by molar-refractivity contribution is -0.123. The third-order valence-corrected chi connectivity index (χ3v) is 6.94. The minimum Gasteiger partial charge on any atom is -0.300 e. The molecule has 22 heavy (non-hydrogen) atoms. The predicted molar refractivity (Wildman–Crippen MR) is 84.9 cm³/mol. The van der Waals surface area contributed by atoms with Gasteiger partial charge in [-0.2, -0.15) is 4.31 Å². The number of hydrogen-bond acceptors (Lipinski definition) is 3. The van der Waals surface area contributed by atoms with Gasteiger partial charge in [0.05, 0.1) is 4.90 Å². The van der Waals surface area contributed by atoms with E-state index in [1.165, 1.54) is 4.31 Å². The van der Waals surface area contributed by atoms with Crippen molar-refractivity contribution in [2.24, 2.45) is 11.3 Å². The van der Waals surface area contributed by atoms with E-state index in [2.05, 4.69) is 6.58 Å². The number of sulfonamides is 1. The Morgan fingerprint density at radius 2 is 2.00 bits per heavy atom. The van der Waals surface area contributed by atoms with Gasteiger partial charge in [0.2, 0.25) is 10.0 Å². The van der Waals surface area contributed by atoms with E-state index < -0.39 is 10.0 Å². The van der Waals surface area contributed by atoms with Crippen LogP contribution in [0.1, 0.15) is 24.8 Å². The fourth-order valence-electron chi connectivity index (χ4n) is 3.63. The Hall–Kier alpha value is -1.46. The van der Waals surface area contributed by atoms with Crippen LogP contribution in [-0.4, -0.2) is 31.6 Å². The standard InChI is InChI=1S/C17H21NO3S/c1-3-17-9-8-15(19)10-14(17)11-18(12-17)22(20,21)16-6-4-13(2)5-7-16/h3-7,14H,1,8-12H2,2H3/t14-,17+/m0/s1. The topological polar surface area (TPSA) is 54.5 Å². The van der Waals surface area contributed by atoms with Gasteiger partial charge < -0.3 is 0 Å². The Bertz CT molecular complexity index is 708. The number of nitrogens with zero attached hydrogens (tertiary/aromatic N) is 1. The minimum absolute atomic E-state index is 0.0615. The average Bonchev–Trinajstić information content (AvgIpc) is 2.88. The SMILES string of the molecule is C=C[C@]12CCC(=O)C[C@H]1CN(S(=O)(=O)c1ccc(C)cc1)C2. The summed E-state index contributed by atoms with van der Waals surface area (Å²) >= 11 is 0. The van der Waals surface area contributed by atoms with Crippen molar-refractivity contribution in [2.45, 2.75) is 31.1 Å². The molecule has 1 aromatic rings. The van der Waals surface area contributed by atoms with Gasteiger partial charge in [-0.25, -0.2) is 8.42 Å². The Balaban J connectivity index is 1.91. The number of aryl methyl sites for hydroxylation is 1. The molecule has 0 aromatic heterocycles. The molecule has 0 bridgehead atoms. The van der Waals surface area contributed by atoms with Gasteiger partial charge in [0.25, 0.3) is 0 Å². The highest BCUT2D eigenvalue weighted by atomic mass is 32.2. The molecule has 1 aliphatic carbocycles. The molecule has 2 atom stereocenters. The van der Waals surface area contributed by atoms with Crippen LogP contribution >= 0.6 is 0 Å². The van der Waals surface area contributed by atoms with Crippen LogP contribution in [0.2, 0.25) is 0 Å². The highest BCUT2D eigenvalue weighted by Gasteiger charge is 2.50. The molecule has 0 N–H and O–H groups in total. The van der Waals surface area contributed by atoms with E-state index in [0.29, 0.717) is 37.2 Å². The molecule has 1 aliphatic heterocycles. The number of rotatable bonds is 3. The van der Waals surface area contributed by atoms with Crippen LogP contribution in [0.15, 0.2) is 41.8 Å². The van der Waals surface area contributed by atoms with Crippen LogP contribution in [-0.2, 0) is 14.8 Å². The molecule has 0 amide bonds. The number of benzene rings is 1. The van der Waals surface area contributed by atoms with Crippen molar-refractivity contribution >= 4 is 15.8 Å². The molecule has 4 nitrogen and oxygen atoms in total. The molecule has 0 unspecified atom stereocenters. The zero-order chi connectivity index (χ0) is 16.0. The molecule has 3 rings (SSSR count). The Labute approximate surface area is 131 Å². The van der Waals surface area contributed by atoms with Crippen LogP contribution < -0.4 is 0 Å². The summed E-state index contributed by atoms with van der Waals surface area (Å²) in [7, 11) is -3.51. The van der Waals surface area contributed by atoms with E-state index in [0.717, 1.165) is 5.56 Å². The maximum Gasteiger partial charge on any atom is 0.243 e. The fourth-order valence-corrected chi connectivity index (χ4v) is 5.19. The van der Waals surface area contributed by atoms with Crippen LogP contribution in [0, 0.1) is 18.3 Å². The van der Waals surface area contributed by atoms with Crippen molar-refractivity contribution in [3.63, 3.8) is 0 Å². The molecule has 1 aromatic carbocycles. The molecular formula is C17H21NO3S. The van der Waals surface area contributed by atoms with Crippen molar-refractivity contribution in [2.75, 3.05) is 13.1 Å². The van der Waals surface area contributed by atoms with Gasteiger partial charge >= 0.3 is 0 Å². The summed E-state index contributed by atoms with van der Waals surface area (Å²) in [5.41, 5.74) is 0.785. The average molecular weight is 319 g/mol. The minimum atomic E-state index is -3.51. The molecule has 118 valence electrons. The maximum atomic E-state index is 12.8. The lowest BCUT2D eigenvalue weighted by Crippen LogP contribution is -2.35. The largest absolute Gasteiger partial charge is 0.300 e. The first-order chi connectivity index (χ1) is 10.4. The molecule has 0 spiro atoms. The van der Waals surface area contributed by atoms with Crippen LogP contribution in [0.4, 0.5) is 0 Å². The number of fused-ring (bicyclic) bond motifs is 1. The van der Waals surface area contributed by atoms with Crippen molar-refractivity contribution in [1.29, 1.82) is 0 Å². The third-order valence-electron chi connectivity index (χ3n) is 5.12. The summed E-state index contributed by atoms with van der Waals surface area (Å²) in [5.74, 6) is 0.295. The van der Waals surface area contributed by atoms with Crippen molar-refractivity contribution in [3.8, 4) is 0 Å². The van der Waals surface area contributed by atoms with Crippen molar-refractivity contribution < 1.29 is 13.2 Å². The number of Topliss-reactive ketones (excluding diaryl/α,β-unsaturated/α-hetero) is 1. The normalized spacial score (nSPS) is 29.3. The summed E-state index contributed by atoms with van der Waals surface area (Å²) in [6.07, 6.45) is 3.57. The van der Waals surface area contributed by atoms with Gasteiger partial charge in [-0.15, -0.1) is 6.58 Å². The molecule has 1 saturated carbocycles. The Kier molecular flexibility index (Phi) is 3.73. The second-order valence-corrected chi connectivity index (χ2v) is 8.43. The van der Waals surface area contributed by atoms with E-state index in [1.54, 1.807) is 12.1 Å². The third kappa shape index (κ3) is 2.42. The molecule has 5 heteroatoms. The summed E-state index contributed by atoms with van der Waals surface area (Å²) in [4.78, 5) is 12.0. The highest BCUT2D eigenvalue weighted by Crippen LogP contribution is 2.47. The molecule has 1 saturated heterocycles. The Morgan fingerprint density at radius 1 is 1.32 bits per heavy atom. The summed E-state index contributed by atoms with van der Waals surface area (Å²) < 4.78 is 27.2. The summed E-state index contributed by atoms with van der Waals surface area (Å²) in [6.45, 7) is 6.69. The maximum absolute atomic E-state index is 12.8. The second kappa shape index (κ2) is 5.32. The van der Waals surface area contributed by atoms with Crippen LogP contribution in [0.25, 0.3) is 0 Å². The van der Waals surface area contributed by atoms with Gasteiger partial charge in [0.1, 0.15) is 5.78 Å². The van der Waals surface area contributed by atoms with E-state index in [4.69, 9.17) is 0 Å². The quantitative estimate of drug-likeness (QED) is 0.805. The molecule has 2 aliphatic rings. The Morgan fingerprint density at radius 3 is 2.64 bits per heavy atom.